The minimum absolute atomic E-state index is 0.00199. The van der Waals surface area contributed by atoms with E-state index in [0.717, 1.165) is 38.5 Å². The highest BCUT2D eigenvalue weighted by atomic mass is 16.2. The van der Waals surface area contributed by atoms with Crippen LogP contribution in [0.4, 0.5) is 0 Å². The van der Waals surface area contributed by atoms with Gasteiger partial charge >= 0.3 is 0 Å². The van der Waals surface area contributed by atoms with Gasteiger partial charge in [-0.3, -0.25) is 4.79 Å². The standard InChI is InChI=1S/C11H16N2O/c1-2-3-11(14)13-5-4-9-6-12-7-10(9)8-13/h9-10,12H,4-8H2,1H3. The molecule has 0 aromatic heterocycles. The second kappa shape index (κ2) is 4.02. The first-order valence-electron chi connectivity index (χ1n) is 5.23. The Hall–Kier alpha value is -1.01. The van der Waals surface area contributed by atoms with Crippen LogP contribution in [0.2, 0.25) is 0 Å². The SMILES string of the molecule is CC#CC(=O)N1CCC2CNCC2C1. The van der Waals surface area contributed by atoms with Crippen LogP contribution in [0.15, 0.2) is 0 Å². The summed E-state index contributed by atoms with van der Waals surface area (Å²) in [6.45, 7) is 5.68. The van der Waals surface area contributed by atoms with Gasteiger partial charge in [0.25, 0.3) is 5.91 Å². The summed E-state index contributed by atoms with van der Waals surface area (Å²) in [7, 11) is 0. The first-order chi connectivity index (χ1) is 6.81. The van der Waals surface area contributed by atoms with Crippen LogP contribution < -0.4 is 5.32 Å². The molecule has 2 fully saturated rings. The van der Waals surface area contributed by atoms with Gasteiger partial charge in [-0.25, -0.2) is 0 Å². The van der Waals surface area contributed by atoms with Gasteiger partial charge in [-0.05, 0) is 44.2 Å². The first-order valence-corrected chi connectivity index (χ1v) is 5.23. The van der Waals surface area contributed by atoms with Crippen molar-refractivity contribution in [3.63, 3.8) is 0 Å². The molecule has 1 amide bonds. The summed E-state index contributed by atoms with van der Waals surface area (Å²) >= 11 is 0. The number of hydrogen-bond donors (Lipinski definition) is 1. The van der Waals surface area contributed by atoms with Crippen molar-refractivity contribution in [3.8, 4) is 11.8 Å². The van der Waals surface area contributed by atoms with Crippen molar-refractivity contribution in [1.82, 2.24) is 10.2 Å². The summed E-state index contributed by atoms with van der Waals surface area (Å²) in [6.07, 6.45) is 1.13. The average Bonchev–Trinajstić information content (AvgIpc) is 2.64. The van der Waals surface area contributed by atoms with Gasteiger partial charge in [0.05, 0.1) is 0 Å². The molecular weight excluding hydrogens is 176 g/mol. The maximum absolute atomic E-state index is 11.5. The van der Waals surface area contributed by atoms with Crippen LogP contribution in [0.3, 0.4) is 0 Å². The Morgan fingerprint density at radius 3 is 3.00 bits per heavy atom. The highest BCUT2D eigenvalue weighted by Gasteiger charge is 2.33. The lowest BCUT2D eigenvalue weighted by Crippen LogP contribution is -2.42. The number of likely N-dealkylation sites (tertiary alicyclic amines) is 1. The molecule has 2 aliphatic heterocycles. The number of rotatable bonds is 0. The van der Waals surface area contributed by atoms with Crippen molar-refractivity contribution >= 4 is 5.91 Å². The molecule has 0 spiro atoms. The molecule has 0 saturated carbocycles. The number of carbonyl (C=O) groups excluding carboxylic acids is 1. The number of hydrogen-bond acceptors (Lipinski definition) is 2. The van der Waals surface area contributed by atoms with Gasteiger partial charge in [-0.2, -0.15) is 0 Å². The van der Waals surface area contributed by atoms with E-state index in [4.69, 9.17) is 0 Å². The second-order valence-corrected chi connectivity index (χ2v) is 4.09. The molecule has 0 radical (unpaired) electrons. The summed E-state index contributed by atoms with van der Waals surface area (Å²) in [6, 6.07) is 0. The first kappa shape index (κ1) is 9.54. The van der Waals surface area contributed by atoms with E-state index in [9.17, 15) is 4.79 Å². The van der Waals surface area contributed by atoms with Gasteiger partial charge in [0.2, 0.25) is 0 Å². The van der Waals surface area contributed by atoms with Crippen molar-refractivity contribution in [3.05, 3.63) is 0 Å². The largest absolute Gasteiger partial charge is 0.332 e. The van der Waals surface area contributed by atoms with Gasteiger partial charge in [0.1, 0.15) is 0 Å². The molecule has 0 aromatic carbocycles. The number of fused-ring (bicyclic) bond motifs is 1. The Bertz CT molecular complexity index is 289. The predicted octanol–water partition coefficient (Wildman–Crippen LogP) is 0.0776. The minimum atomic E-state index is -0.00199. The molecule has 2 unspecified atom stereocenters. The van der Waals surface area contributed by atoms with E-state index < -0.39 is 0 Å². The maximum atomic E-state index is 11.5. The van der Waals surface area contributed by atoms with Gasteiger partial charge in [0, 0.05) is 13.1 Å². The van der Waals surface area contributed by atoms with Gasteiger partial charge in [-0.15, -0.1) is 0 Å². The normalized spacial score (nSPS) is 30.5. The lowest BCUT2D eigenvalue weighted by molar-refractivity contribution is -0.127. The fourth-order valence-electron chi connectivity index (χ4n) is 2.41. The monoisotopic (exact) mass is 192 g/mol. The number of carbonyl (C=O) groups is 1. The molecule has 76 valence electrons. The zero-order valence-electron chi connectivity index (χ0n) is 8.55. The number of piperidine rings is 1. The van der Waals surface area contributed by atoms with Crippen LogP contribution in [-0.2, 0) is 4.79 Å². The van der Waals surface area contributed by atoms with Crippen LogP contribution in [0.5, 0.6) is 0 Å². The zero-order chi connectivity index (χ0) is 9.97. The number of amides is 1. The number of nitrogens with one attached hydrogen (secondary N) is 1. The van der Waals surface area contributed by atoms with E-state index >= 15 is 0 Å². The highest BCUT2D eigenvalue weighted by Crippen LogP contribution is 2.26. The molecule has 0 aromatic rings. The van der Waals surface area contributed by atoms with Gasteiger partial charge in [0.15, 0.2) is 0 Å². The third-order valence-corrected chi connectivity index (χ3v) is 3.22. The van der Waals surface area contributed by atoms with Crippen molar-refractivity contribution in [2.75, 3.05) is 26.2 Å². The van der Waals surface area contributed by atoms with E-state index in [-0.39, 0.29) is 5.91 Å². The van der Waals surface area contributed by atoms with Crippen LogP contribution in [0, 0.1) is 23.7 Å². The molecule has 2 atom stereocenters. The Morgan fingerprint density at radius 1 is 1.43 bits per heavy atom. The molecule has 2 saturated heterocycles. The fraction of sp³-hybridized carbons (Fsp3) is 0.727. The summed E-state index contributed by atoms with van der Waals surface area (Å²) < 4.78 is 0. The lowest BCUT2D eigenvalue weighted by Gasteiger charge is -2.33. The number of nitrogens with zero attached hydrogens (tertiary/aromatic N) is 1. The van der Waals surface area contributed by atoms with E-state index in [1.54, 1.807) is 6.92 Å². The Balaban J connectivity index is 1.96. The smallest absolute Gasteiger partial charge is 0.298 e. The second-order valence-electron chi connectivity index (χ2n) is 4.09. The average molecular weight is 192 g/mol. The molecule has 2 heterocycles. The molecule has 3 heteroatoms. The minimum Gasteiger partial charge on any atom is -0.332 e. The van der Waals surface area contributed by atoms with Gasteiger partial charge < -0.3 is 10.2 Å². The van der Waals surface area contributed by atoms with E-state index in [2.05, 4.69) is 17.2 Å². The maximum Gasteiger partial charge on any atom is 0.298 e. The molecule has 2 aliphatic rings. The van der Waals surface area contributed by atoms with Crippen LogP contribution >= 0.6 is 0 Å². The molecule has 0 bridgehead atoms. The summed E-state index contributed by atoms with van der Waals surface area (Å²) in [5, 5.41) is 3.38. The molecule has 2 rings (SSSR count). The van der Waals surface area contributed by atoms with Crippen molar-refractivity contribution in [1.29, 1.82) is 0 Å². The van der Waals surface area contributed by atoms with Crippen molar-refractivity contribution in [2.24, 2.45) is 11.8 Å². The Morgan fingerprint density at radius 2 is 2.21 bits per heavy atom. The molecular formula is C11H16N2O. The van der Waals surface area contributed by atoms with Gasteiger partial charge in [-0.1, -0.05) is 5.92 Å². The summed E-state index contributed by atoms with van der Waals surface area (Å²) in [5.41, 5.74) is 0. The molecule has 14 heavy (non-hydrogen) atoms. The Labute approximate surface area is 84.8 Å². The molecule has 1 N–H and O–H groups in total. The zero-order valence-corrected chi connectivity index (χ0v) is 8.55. The topological polar surface area (TPSA) is 32.3 Å². The van der Waals surface area contributed by atoms with Crippen molar-refractivity contribution in [2.45, 2.75) is 13.3 Å². The fourth-order valence-corrected chi connectivity index (χ4v) is 2.41. The predicted molar refractivity (Wildman–Crippen MR) is 54.5 cm³/mol. The van der Waals surface area contributed by atoms with Crippen LogP contribution in [-0.4, -0.2) is 37.0 Å². The van der Waals surface area contributed by atoms with Crippen LogP contribution in [0.1, 0.15) is 13.3 Å². The lowest BCUT2D eigenvalue weighted by atomic mass is 9.89. The van der Waals surface area contributed by atoms with Crippen molar-refractivity contribution < 1.29 is 4.79 Å². The van der Waals surface area contributed by atoms with Crippen LogP contribution in [0.25, 0.3) is 0 Å². The van der Waals surface area contributed by atoms with E-state index in [1.807, 2.05) is 4.90 Å². The third-order valence-electron chi connectivity index (χ3n) is 3.22. The third kappa shape index (κ3) is 1.76. The molecule has 3 nitrogen and oxygen atoms in total. The molecule has 0 aliphatic carbocycles. The summed E-state index contributed by atoms with van der Waals surface area (Å²) in [5.74, 6) is 6.72. The highest BCUT2D eigenvalue weighted by molar-refractivity contribution is 5.93. The van der Waals surface area contributed by atoms with E-state index in [1.165, 1.54) is 0 Å². The quantitative estimate of drug-likeness (QED) is 0.551. The van der Waals surface area contributed by atoms with E-state index in [0.29, 0.717) is 5.92 Å². The Kier molecular flexibility index (Phi) is 2.74. The summed E-state index contributed by atoms with van der Waals surface area (Å²) in [4.78, 5) is 13.4.